The molecular formula is C23H27Br2NO6. The summed E-state index contributed by atoms with van der Waals surface area (Å²) in [4.78, 5) is 23.7. The molecule has 2 aromatic carbocycles. The van der Waals surface area contributed by atoms with Gasteiger partial charge in [-0.25, -0.2) is 9.59 Å². The molecular weight excluding hydrogens is 546 g/mol. The molecule has 174 valence electrons. The zero-order chi connectivity index (χ0) is 23.1. The molecule has 0 fully saturated rings. The van der Waals surface area contributed by atoms with Crippen LogP contribution in [0.4, 0.5) is 0 Å². The average Bonchev–Trinajstić information content (AvgIpc) is 2.72. The summed E-state index contributed by atoms with van der Waals surface area (Å²) < 4.78 is 12.1. The van der Waals surface area contributed by atoms with Gasteiger partial charge in [-0.2, -0.15) is 0 Å². The van der Waals surface area contributed by atoms with E-state index in [1.54, 1.807) is 12.1 Å². The lowest BCUT2D eigenvalue weighted by Crippen LogP contribution is -2.07. The van der Waals surface area contributed by atoms with Gasteiger partial charge in [0.05, 0.1) is 14.2 Å². The maximum atomic E-state index is 11.8. The van der Waals surface area contributed by atoms with Crippen molar-refractivity contribution in [2.24, 2.45) is 0 Å². The number of benzene rings is 2. The Morgan fingerprint density at radius 3 is 1.59 bits per heavy atom. The van der Waals surface area contributed by atoms with E-state index in [1.807, 2.05) is 6.08 Å². The van der Waals surface area contributed by atoms with Gasteiger partial charge >= 0.3 is 11.9 Å². The number of carboxylic acid groups (broad SMARTS) is 2. The summed E-state index contributed by atoms with van der Waals surface area (Å²) in [7, 11) is 2.82. The van der Waals surface area contributed by atoms with E-state index in [1.165, 1.54) is 26.4 Å². The third-order valence-electron chi connectivity index (χ3n) is 4.71. The van der Waals surface area contributed by atoms with Crippen molar-refractivity contribution in [2.45, 2.75) is 32.6 Å². The number of hydrogen-bond donors (Lipinski definition) is 3. The Kier molecular flexibility index (Phi) is 10.9. The number of carbonyl (C=O) groups is 2. The number of rotatable bonds is 10. The third-order valence-corrected chi connectivity index (χ3v) is 5.63. The Labute approximate surface area is 204 Å². The largest absolute Gasteiger partial charge is 0.495 e. The van der Waals surface area contributed by atoms with E-state index in [0.717, 1.165) is 25.7 Å². The van der Waals surface area contributed by atoms with Crippen LogP contribution in [0.5, 0.6) is 11.5 Å². The standard InChI is InChI=1S/C23H24Br2O6.H3N/c1-4-5-6-7-8-15(16-9-13(24)11-18(22(26)27)20(16)30-2)17-10-14(25)12-19(23(28)29)21(17)31-3;/h8-12H,4-7H2,1-3H3,(H,26,27)(H,28,29);1H3. The van der Waals surface area contributed by atoms with Gasteiger partial charge in [-0.15, -0.1) is 0 Å². The molecule has 2 aromatic rings. The quantitative estimate of drug-likeness (QED) is 0.267. The number of halogens is 2. The van der Waals surface area contributed by atoms with Crippen LogP contribution >= 0.6 is 31.9 Å². The Balaban J connectivity index is 0.00000512. The molecule has 2 rings (SSSR count). The first-order valence-electron chi connectivity index (χ1n) is 9.67. The first kappa shape index (κ1) is 27.7. The summed E-state index contributed by atoms with van der Waals surface area (Å²) in [5.74, 6) is -1.87. The van der Waals surface area contributed by atoms with Crippen molar-refractivity contribution >= 4 is 49.4 Å². The third kappa shape index (κ3) is 6.34. The summed E-state index contributed by atoms with van der Waals surface area (Å²) >= 11 is 6.77. The Bertz CT molecular complexity index is 947. The van der Waals surface area contributed by atoms with Gasteiger partial charge < -0.3 is 25.8 Å². The van der Waals surface area contributed by atoms with Gasteiger partial charge in [0.1, 0.15) is 22.6 Å². The molecule has 7 nitrogen and oxygen atoms in total. The molecule has 0 aliphatic heterocycles. The Morgan fingerprint density at radius 2 is 1.25 bits per heavy atom. The summed E-state index contributed by atoms with van der Waals surface area (Å²) in [6.07, 6.45) is 5.72. The highest BCUT2D eigenvalue weighted by atomic mass is 79.9. The van der Waals surface area contributed by atoms with Crippen LogP contribution in [0, 0.1) is 0 Å². The van der Waals surface area contributed by atoms with Gasteiger partial charge in [0.2, 0.25) is 0 Å². The topological polar surface area (TPSA) is 128 Å². The van der Waals surface area contributed by atoms with E-state index in [9.17, 15) is 19.8 Å². The molecule has 0 aromatic heterocycles. The van der Waals surface area contributed by atoms with Crippen LogP contribution in [0.2, 0.25) is 0 Å². The van der Waals surface area contributed by atoms with Crippen LogP contribution in [-0.4, -0.2) is 36.4 Å². The molecule has 0 saturated carbocycles. The van der Waals surface area contributed by atoms with Gasteiger partial charge in [0.25, 0.3) is 0 Å². The molecule has 0 unspecified atom stereocenters. The smallest absolute Gasteiger partial charge is 0.339 e. The molecule has 9 heteroatoms. The maximum Gasteiger partial charge on any atom is 0.339 e. The lowest BCUT2D eigenvalue weighted by Gasteiger charge is -2.19. The highest BCUT2D eigenvalue weighted by Gasteiger charge is 2.24. The molecule has 0 atom stereocenters. The number of allylic oxidation sites excluding steroid dienone is 1. The Morgan fingerprint density at radius 1 is 0.844 bits per heavy atom. The number of unbranched alkanes of at least 4 members (excludes halogenated alkanes) is 3. The summed E-state index contributed by atoms with van der Waals surface area (Å²) in [5.41, 5.74) is 1.69. The molecule has 0 radical (unpaired) electrons. The van der Waals surface area contributed by atoms with E-state index in [-0.39, 0.29) is 28.8 Å². The predicted molar refractivity (Wildman–Crippen MR) is 132 cm³/mol. The fourth-order valence-corrected chi connectivity index (χ4v) is 4.27. The van der Waals surface area contributed by atoms with Crippen LogP contribution in [0.1, 0.15) is 64.4 Å². The van der Waals surface area contributed by atoms with Crippen molar-refractivity contribution in [3.05, 3.63) is 61.5 Å². The number of ether oxygens (including phenoxy) is 2. The molecule has 0 aliphatic rings. The van der Waals surface area contributed by atoms with Crippen molar-refractivity contribution in [3.8, 4) is 11.5 Å². The zero-order valence-corrected chi connectivity index (χ0v) is 21.4. The molecule has 0 amide bonds. The normalized spacial score (nSPS) is 10.2. The molecule has 0 saturated heterocycles. The van der Waals surface area contributed by atoms with Crippen LogP contribution in [-0.2, 0) is 0 Å². The van der Waals surface area contributed by atoms with E-state index >= 15 is 0 Å². The van der Waals surface area contributed by atoms with Crippen LogP contribution < -0.4 is 15.6 Å². The van der Waals surface area contributed by atoms with Crippen molar-refractivity contribution < 1.29 is 29.3 Å². The van der Waals surface area contributed by atoms with Crippen molar-refractivity contribution in [1.29, 1.82) is 0 Å². The van der Waals surface area contributed by atoms with Gasteiger partial charge in [0.15, 0.2) is 0 Å². The van der Waals surface area contributed by atoms with Gasteiger partial charge in [-0.05, 0) is 42.7 Å². The number of aromatic carboxylic acids is 2. The van der Waals surface area contributed by atoms with E-state index in [2.05, 4.69) is 38.8 Å². The highest BCUT2D eigenvalue weighted by molar-refractivity contribution is 9.10. The average molecular weight is 573 g/mol. The zero-order valence-electron chi connectivity index (χ0n) is 18.2. The molecule has 32 heavy (non-hydrogen) atoms. The molecule has 0 aliphatic carbocycles. The summed E-state index contributed by atoms with van der Waals surface area (Å²) in [6, 6.07) is 6.47. The molecule has 5 N–H and O–H groups in total. The number of methoxy groups -OCH3 is 2. The fraction of sp³-hybridized carbons (Fsp3) is 0.304. The highest BCUT2D eigenvalue weighted by Crippen LogP contribution is 2.42. The van der Waals surface area contributed by atoms with Crippen LogP contribution in [0.15, 0.2) is 39.3 Å². The minimum absolute atomic E-state index is 0. The minimum atomic E-state index is -1.13. The lowest BCUT2D eigenvalue weighted by atomic mass is 9.91. The van der Waals surface area contributed by atoms with Crippen LogP contribution in [0.25, 0.3) is 5.57 Å². The number of carboxylic acids is 2. The molecule has 0 heterocycles. The maximum absolute atomic E-state index is 11.8. The fourth-order valence-electron chi connectivity index (χ4n) is 3.35. The predicted octanol–water partition coefficient (Wildman–Crippen LogP) is 6.80. The van der Waals surface area contributed by atoms with E-state index < -0.39 is 11.9 Å². The first-order valence-corrected chi connectivity index (χ1v) is 11.3. The second-order valence-corrected chi connectivity index (χ2v) is 8.62. The Hall–Kier alpha value is -2.36. The van der Waals surface area contributed by atoms with Gasteiger partial charge in [-0.3, -0.25) is 0 Å². The SMILES string of the molecule is CCCCCC=C(c1cc(Br)cc(C(=O)O)c1OC)c1cc(Br)cc(C(=O)O)c1OC.N. The van der Waals surface area contributed by atoms with E-state index in [4.69, 9.17) is 9.47 Å². The van der Waals surface area contributed by atoms with Crippen molar-refractivity contribution in [3.63, 3.8) is 0 Å². The van der Waals surface area contributed by atoms with E-state index in [0.29, 0.717) is 25.6 Å². The monoisotopic (exact) mass is 571 g/mol. The molecule has 0 bridgehead atoms. The summed E-state index contributed by atoms with van der Waals surface area (Å²) in [6.45, 7) is 2.11. The summed E-state index contributed by atoms with van der Waals surface area (Å²) in [5, 5.41) is 19.4. The van der Waals surface area contributed by atoms with Crippen molar-refractivity contribution in [1.82, 2.24) is 6.15 Å². The minimum Gasteiger partial charge on any atom is -0.495 e. The van der Waals surface area contributed by atoms with Gasteiger partial charge in [-0.1, -0.05) is 57.7 Å². The molecule has 0 spiro atoms. The number of hydrogen-bond acceptors (Lipinski definition) is 5. The second kappa shape index (κ2) is 12.6. The van der Waals surface area contributed by atoms with Crippen molar-refractivity contribution in [2.75, 3.05) is 14.2 Å². The van der Waals surface area contributed by atoms with Crippen LogP contribution in [0.3, 0.4) is 0 Å². The van der Waals surface area contributed by atoms with Gasteiger partial charge in [0, 0.05) is 20.1 Å². The second-order valence-electron chi connectivity index (χ2n) is 6.79. The lowest BCUT2D eigenvalue weighted by molar-refractivity contribution is 0.0682. The first-order chi connectivity index (χ1) is 14.7.